The molecule has 0 aliphatic heterocycles. The second kappa shape index (κ2) is 3.92. The van der Waals surface area contributed by atoms with Crippen molar-refractivity contribution in [2.75, 3.05) is 0 Å². The largest absolute Gasteiger partial charge is 0.303 e. The maximum absolute atomic E-state index is 4.82. The van der Waals surface area contributed by atoms with Crippen LogP contribution in [-0.2, 0) is 12.8 Å². The van der Waals surface area contributed by atoms with Gasteiger partial charge in [0.15, 0.2) is 0 Å². The number of imidazole rings is 1. The number of pyridine rings is 1. The summed E-state index contributed by atoms with van der Waals surface area (Å²) >= 11 is 0. The molecule has 3 aromatic rings. The summed E-state index contributed by atoms with van der Waals surface area (Å²) in [5.41, 5.74) is 5.04. The second-order valence-electron chi connectivity index (χ2n) is 5.10. The molecular formula is C16H15N3. The molecule has 0 saturated heterocycles. The summed E-state index contributed by atoms with van der Waals surface area (Å²) in [6, 6.07) is 8.40. The molecule has 4 rings (SSSR count). The molecule has 0 radical (unpaired) electrons. The molecule has 2 aromatic heterocycles. The van der Waals surface area contributed by atoms with E-state index in [9.17, 15) is 0 Å². The Balaban J connectivity index is 2.16. The van der Waals surface area contributed by atoms with Gasteiger partial charge in [-0.3, -0.25) is 4.98 Å². The van der Waals surface area contributed by atoms with Gasteiger partial charge in [-0.05, 0) is 37.8 Å². The lowest BCUT2D eigenvalue weighted by Gasteiger charge is -2.14. The number of aryl methyl sites for hydroxylation is 2. The average Bonchev–Trinajstić information content (AvgIpc) is 3.04. The smallest absolute Gasteiger partial charge is 0.110 e. The first-order chi connectivity index (χ1) is 9.34. The number of hydrogen-bond donors (Lipinski definition) is 0. The monoisotopic (exact) mass is 249 g/mol. The number of para-hydroxylation sites is 1. The van der Waals surface area contributed by atoms with E-state index in [-0.39, 0.29) is 0 Å². The highest BCUT2D eigenvalue weighted by atomic mass is 15.1. The Hall–Kier alpha value is -2.16. The minimum atomic E-state index is 1.03. The van der Waals surface area contributed by atoms with E-state index in [0.29, 0.717) is 0 Å². The number of aromatic nitrogens is 3. The number of benzene rings is 1. The summed E-state index contributed by atoms with van der Waals surface area (Å²) in [4.78, 5) is 9.19. The summed E-state index contributed by atoms with van der Waals surface area (Å²) in [5.74, 6) is 1.03. The summed E-state index contributed by atoms with van der Waals surface area (Å²) in [7, 11) is 0. The summed E-state index contributed by atoms with van der Waals surface area (Å²) in [6.45, 7) is 2.05. The van der Waals surface area contributed by atoms with E-state index in [0.717, 1.165) is 24.2 Å². The maximum Gasteiger partial charge on any atom is 0.110 e. The molecule has 3 nitrogen and oxygen atoms in total. The number of fused-ring (bicyclic) bond motifs is 2. The van der Waals surface area contributed by atoms with Gasteiger partial charge in [0.2, 0.25) is 0 Å². The fraction of sp³-hybridized carbons (Fsp3) is 0.250. The van der Waals surface area contributed by atoms with Crippen molar-refractivity contribution < 1.29 is 0 Å². The van der Waals surface area contributed by atoms with Crippen LogP contribution in [0.3, 0.4) is 0 Å². The molecule has 0 N–H and O–H groups in total. The Morgan fingerprint density at radius 2 is 2.05 bits per heavy atom. The summed E-state index contributed by atoms with van der Waals surface area (Å²) in [6.07, 6.45) is 7.35. The van der Waals surface area contributed by atoms with Crippen LogP contribution < -0.4 is 0 Å². The molecule has 0 spiro atoms. The van der Waals surface area contributed by atoms with Crippen LogP contribution in [0.25, 0.3) is 16.6 Å². The van der Waals surface area contributed by atoms with E-state index >= 15 is 0 Å². The molecule has 2 heterocycles. The molecule has 0 fully saturated rings. The Morgan fingerprint density at radius 3 is 2.89 bits per heavy atom. The van der Waals surface area contributed by atoms with E-state index in [1.54, 1.807) is 0 Å². The molecule has 0 bridgehead atoms. The first kappa shape index (κ1) is 10.7. The van der Waals surface area contributed by atoms with Crippen LogP contribution in [0.5, 0.6) is 0 Å². The van der Waals surface area contributed by atoms with Crippen molar-refractivity contribution in [3.63, 3.8) is 0 Å². The highest BCUT2D eigenvalue weighted by molar-refractivity contribution is 5.89. The van der Waals surface area contributed by atoms with Gasteiger partial charge in [0.25, 0.3) is 0 Å². The zero-order valence-electron chi connectivity index (χ0n) is 10.9. The summed E-state index contributed by atoms with van der Waals surface area (Å²) < 4.78 is 2.20. The van der Waals surface area contributed by atoms with E-state index in [1.165, 1.54) is 28.8 Å². The van der Waals surface area contributed by atoms with Crippen molar-refractivity contribution in [2.45, 2.75) is 26.2 Å². The molecule has 94 valence electrons. The van der Waals surface area contributed by atoms with Crippen molar-refractivity contribution >= 4 is 10.9 Å². The molecule has 0 unspecified atom stereocenters. The van der Waals surface area contributed by atoms with Crippen molar-refractivity contribution in [3.05, 3.63) is 53.7 Å². The SMILES string of the molecule is Cc1nccn1-c1c2c(nc3ccccc13)CCC2. The van der Waals surface area contributed by atoms with Crippen molar-refractivity contribution in [2.24, 2.45) is 0 Å². The molecule has 1 aliphatic rings. The topological polar surface area (TPSA) is 30.7 Å². The molecule has 3 heteroatoms. The van der Waals surface area contributed by atoms with Gasteiger partial charge in [0, 0.05) is 23.5 Å². The van der Waals surface area contributed by atoms with Gasteiger partial charge in [0.05, 0.1) is 11.2 Å². The standard InChI is InChI=1S/C16H15N3/c1-11-17-9-10-19(11)16-12-5-2-3-7-14(12)18-15-8-4-6-13(15)16/h2-3,5,7,9-10H,4,6,8H2,1H3. The highest BCUT2D eigenvalue weighted by Gasteiger charge is 2.20. The molecule has 1 aliphatic carbocycles. The Bertz CT molecular complexity index is 771. The average molecular weight is 249 g/mol. The fourth-order valence-electron chi connectivity index (χ4n) is 3.08. The zero-order chi connectivity index (χ0) is 12.8. The van der Waals surface area contributed by atoms with Crippen LogP contribution in [0.2, 0.25) is 0 Å². The third-order valence-electron chi connectivity index (χ3n) is 3.96. The van der Waals surface area contributed by atoms with Gasteiger partial charge in [-0.25, -0.2) is 4.98 Å². The van der Waals surface area contributed by atoms with Crippen LogP contribution in [0.15, 0.2) is 36.7 Å². The molecule has 0 amide bonds. The number of nitrogens with zero attached hydrogens (tertiary/aromatic N) is 3. The lowest BCUT2D eigenvalue weighted by molar-refractivity contribution is 0.894. The quantitative estimate of drug-likeness (QED) is 0.663. The number of hydrogen-bond acceptors (Lipinski definition) is 2. The maximum atomic E-state index is 4.82. The summed E-state index contributed by atoms with van der Waals surface area (Å²) in [5, 5.41) is 1.23. The normalized spacial score (nSPS) is 13.9. The minimum absolute atomic E-state index is 1.03. The van der Waals surface area contributed by atoms with Crippen LogP contribution in [-0.4, -0.2) is 14.5 Å². The fourth-order valence-corrected chi connectivity index (χ4v) is 3.08. The lowest BCUT2D eigenvalue weighted by Crippen LogP contribution is -2.03. The highest BCUT2D eigenvalue weighted by Crippen LogP contribution is 2.33. The zero-order valence-corrected chi connectivity index (χ0v) is 10.9. The Labute approximate surface area is 111 Å². The Kier molecular flexibility index (Phi) is 2.21. The molecule has 1 aromatic carbocycles. The van der Waals surface area contributed by atoms with Crippen molar-refractivity contribution in [1.29, 1.82) is 0 Å². The molecule has 0 atom stereocenters. The van der Waals surface area contributed by atoms with Gasteiger partial charge in [-0.2, -0.15) is 0 Å². The Morgan fingerprint density at radius 1 is 1.16 bits per heavy atom. The van der Waals surface area contributed by atoms with Crippen molar-refractivity contribution in [3.8, 4) is 5.69 Å². The van der Waals surface area contributed by atoms with Crippen LogP contribution in [0, 0.1) is 6.92 Å². The lowest BCUT2D eigenvalue weighted by atomic mass is 10.1. The first-order valence-corrected chi connectivity index (χ1v) is 6.75. The van der Waals surface area contributed by atoms with Gasteiger partial charge >= 0.3 is 0 Å². The van der Waals surface area contributed by atoms with E-state index in [1.807, 2.05) is 6.20 Å². The first-order valence-electron chi connectivity index (χ1n) is 6.75. The molecular weight excluding hydrogens is 234 g/mol. The van der Waals surface area contributed by atoms with Gasteiger partial charge < -0.3 is 4.57 Å². The second-order valence-corrected chi connectivity index (χ2v) is 5.10. The number of rotatable bonds is 1. The minimum Gasteiger partial charge on any atom is -0.303 e. The van der Waals surface area contributed by atoms with Gasteiger partial charge in [-0.15, -0.1) is 0 Å². The van der Waals surface area contributed by atoms with Crippen molar-refractivity contribution in [1.82, 2.24) is 14.5 Å². The van der Waals surface area contributed by atoms with Crippen LogP contribution in [0.1, 0.15) is 23.5 Å². The third-order valence-corrected chi connectivity index (χ3v) is 3.96. The predicted molar refractivity (Wildman–Crippen MR) is 75.6 cm³/mol. The third kappa shape index (κ3) is 1.51. The molecule has 19 heavy (non-hydrogen) atoms. The van der Waals surface area contributed by atoms with Gasteiger partial charge in [-0.1, -0.05) is 18.2 Å². The van der Waals surface area contributed by atoms with E-state index < -0.39 is 0 Å². The van der Waals surface area contributed by atoms with Crippen LogP contribution in [0.4, 0.5) is 0 Å². The van der Waals surface area contributed by atoms with Gasteiger partial charge in [0.1, 0.15) is 5.82 Å². The van der Waals surface area contributed by atoms with Crippen LogP contribution >= 0.6 is 0 Å². The van der Waals surface area contributed by atoms with E-state index in [4.69, 9.17) is 4.98 Å². The molecule has 0 saturated carbocycles. The predicted octanol–water partition coefficient (Wildman–Crippen LogP) is 3.22. The van der Waals surface area contributed by atoms with E-state index in [2.05, 4.69) is 46.9 Å².